The van der Waals surface area contributed by atoms with Gasteiger partial charge in [-0.05, 0) is 55.8 Å². The van der Waals surface area contributed by atoms with Crippen molar-refractivity contribution in [3.05, 3.63) is 59.9 Å². The predicted octanol–water partition coefficient (Wildman–Crippen LogP) is 3.96. The molecule has 0 aliphatic carbocycles. The van der Waals surface area contributed by atoms with Gasteiger partial charge in [-0.3, -0.25) is 4.90 Å². The number of ether oxygens (including phenoxy) is 1. The fourth-order valence-electron chi connectivity index (χ4n) is 2.70. The van der Waals surface area contributed by atoms with Crippen LogP contribution in [0.3, 0.4) is 0 Å². The van der Waals surface area contributed by atoms with Crippen molar-refractivity contribution in [2.24, 2.45) is 5.73 Å². The molecule has 2 N–H and O–H groups in total. The highest BCUT2D eigenvalue weighted by atomic mass is 35.5. The molecule has 1 aliphatic heterocycles. The minimum atomic E-state index is -0.294. The van der Waals surface area contributed by atoms with Gasteiger partial charge >= 0.3 is 0 Å². The van der Waals surface area contributed by atoms with Gasteiger partial charge in [-0.1, -0.05) is 18.2 Å². The maximum Gasteiger partial charge on any atom is 0.130 e. The zero-order chi connectivity index (χ0) is 15.4. The normalized spacial score (nSPS) is 15.9. The van der Waals surface area contributed by atoms with Gasteiger partial charge in [-0.25, -0.2) is 4.39 Å². The van der Waals surface area contributed by atoms with Crippen LogP contribution in [0.2, 0.25) is 0 Å². The summed E-state index contributed by atoms with van der Waals surface area (Å²) < 4.78 is 18.8. The highest BCUT2D eigenvalue weighted by Crippen LogP contribution is 2.23. The van der Waals surface area contributed by atoms with E-state index >= 15 is 0 Å². The van der Waals surface area contributed by atoms with Crippen LogP contribution in [0.1, 0.15) is 18.4 Å². The molecule has 2 aromatic carbocycles. The third-order valence-corrected chi connectivity index (χ3v) is 3.99. The van der Waals surface area contributed by atoms with Gasteiger partial charge in [0.1, 0.15) is 17.3 Å². The molecule has 3 rings (SSSR count). The highest BCUT2D eigenvalue weighted by Gasteiger charge is 2.15. The van der Waals surface area contributed by atoms with Gasteiger partial charge in [0.25, 0.3) is 0 Å². The molecule has 1 aliphatic rings. The van der Waals surface area contributed by atoms with Crippen molar-refractivity contribution in [3.63, 3.8) is 0 Å². The van der Waals surface area contributed by atoms with E-state index in [1.807, 2.05) is 12.1 Å². The van der Waals surface area contributed by atoms with Crippen LogP contribution in [0.4, 0.5) is 4.39 Å². The van der Waals surface area contributed by atoms with Gasteiger partial charge in [0.15, 0.2) is 0 Å². The maximum absolute atomic E-state index is 13.1. The van der Waals surface area contributed by atoms with E-state index < -0.39 is 0 Å². The van der Waals surface area contributed by atoms with Crippen molar-refractivity contribution in [3.8, 4) is 11.5 Å². The molecule has 0 bridgehead atoms. The van der Waals surface area contributed by atoms with Crippen LogP contribution < -0.4 is 10.5 Å². The van der Waals surface area contributed by atoms with E-state index in [9.17, 15) is 4.39 Å². The smallest absolute Gasteiger partial charge is 0.130 e. The van der Waals surface area contributed by atoms with E-state index in [-0.39, 0.29) is 18.2 Å². The van der Waals surface area contributed by atoms with Crippen LogP contribution in [0.5, 0.6) is 11.5 Å². The summed E-state index contributed by atoms with van der Waals surface area (Å²) in [5.41, 5.74) is 7.18. The molecular formula is C18H22ClFN2O. The van der Waals surface area contributed by atoms with Crippen molar-refractivity contribution in [2.75, 3.05) is 13.1 Å². The third-order valence-electron chi connectivity index (χ3n) is 3.99. The van der Waals surface area contributed by atoms with E-state index in [4.69, 9.17) is 10.5 Å². The minimum absolute atomic E-state index is 0. The Morgan fingerprint density at radius 3 is 2.39 bits per heavy atom. The Morgan fingerprint density at radius 2 is 1.74 bits per heavy atom. The Hall–Kier alpha value is -1.62. The van der Waals surface area contributed by atoms with Gasteiger partial charge in [0.05, 0.1) is 0 Å². The topological polar surface area (TPSA) is 38.5 Å². The molecule has 0 radical (unpaired) electrons. The largest absolute Gasteiger partial charge is 0.457 e. The fraction of sp³-hybridized carbons (Fsp3) is 0.333. The number of halogens is 2. The van der Waals surface area contributed by atoms with Gasteiger partial charge < -0.3 is 10.5 Å². The number of nitrogens with two attached hydrogens (primary N) is 1. The minimum Gasteiger partial charge on any atom is -0.457 e. The first-order chi connectivity index (χ1) is 10.7. The first-order valence-corrected chi connectivity index (χ1v) is 7.69. The van der Waals surface area contributed by atoms with Crippen LogP contribution >= 0.6 is 12.4 Å². The van der Waals surface area contributed by atoms with Crippen LogP contribution in [0, 0.1) is 5.82 Å². The molecule has 1 saturated heterocycles. The number of hydrogen-bond donors (Lipinski definition) is 1. The Balaban J connectivity index is 0.00000192. The van der Waals surface area contributed by atoms with Gasteiger partial charge in [0.2, 0.25) is 0 Å². The summed E-state index contributed by atoms with van der Waals surface area (Å²) in [6, 6.07) is 14.5. The zero-order valence-electron chi connectivity index (χ0n) is 13.0. The van der Waals surface area contributed by atoms with Crippen molar-refractivity contribution < 1.29 is 9.13 Å². The van der Waals surface area contributed by atoms with Gasteiger partial charge in [0, 0.05) is 18.7 Å². The van der Waals surface area contributed by atoms with E-state index in [1.54, 1.807) is 12.1 Å². The molecule has 1 fully saturated rings. The van der Waals surface area contributed by atoms with Gasteiger partial charge in [-0.15, -0.1) is 12.4 Å². The molecule has 124 valence electrons. The number of piperidine rings is 1. The van der Waals surface area contributed by atoms with Crippen molar-refractivity contribution in [1.82, 2.24) is 4.90 Å². The maximum atomic E-state index is 13.1. The van der Waals surface area contributed by atoms with Crippen LogP contribution in [0.25, 0.3) is 0 Å². The third kappa shape index (κ3) is 5.20. The van der Waals surface area contributed by atoms with Crippen molar-refractivity contribution in [1.29, 1.82) is 0 Å². The molecule has 2 aromatic rings. The lowest BCUT2D eigenvalue weighted by Gasteiger charge is -2.30. The van der Waals surface area contributed by atoms with E-state index in [1.165, 1.54) is 17.7 Å². The summed E-state index contributed by atoms with van der Waals surface area (Å²) in [7, 11) is 0. The summed E-state index contributed by atoms with van der Waals surface area (Å²) in [5, 5.41) is 0. The number of rotatable bonds is 4. The first kappa shape index (κ1) is 17.7. The average Bonchev–Trinajstić information content (AvgIpc) is 2.52. The predicted molar refractivity (Wildman–Crippen MR) is 92.7 cm³/mol. The molecular weight excluding hydrogens is 315 g/mol. The lowest BCUT2D eigenvalue weighted by atomic mass is 10.1. The molecule has 0 amide bonds. The Bertz CT molecular complexity index is 613. The second kappa shape index (κ2) is 8.29. The molecule has 0 saturated carbocycles. The Kier molecular flexibility index (Phi) is 6.39. The van der Waals surface area contributed by atoms with Crippen LogP contribution in [-0.4, -0.2) is 24.0 Å². The van der Waals surface area contributed by atoms with E-state index in [0.717, 1.165) is 38.2 Å². The number of nitrogens with zero attached hydrogens (tertiary/aromatic N) is 1. The molecule has 0 spiro atoms. The van der Waals surface area contributed by atoms with Crippen molar-refractivity contribution in [2.45, 2.75) is 25.4 Å². The SMILES string of the molecule is Cl.NC1CCN(Cc2ccc(Oc3cccc(F)c3)cc2)CC1. The lowest BCUT2D eigenvalue weighted by molar-refractivity contribution is 0.205. The molecule has 1 heterocycles. The lowest BCUT2D eigenvalue weighted by Crippen LogP contribution is -2.39. The molecule has 5 heteroatoms. The summed E-state index contributed by atoms with van der Waals surface area (Å²) >= 11 is 0. The molecule has 0 unspecified atom stereocenters. The molecule has 0 atom stereocenters. The fourth-order valence-corrected chi connectivity index (χ4v) is 2.70. The van der Waals surface area contributed by atoms with Crippen LogP contribution in [0.15, 0.2) is 48.5 Å². The number of hydrogen-bond acceptors (Lipinski definition) is 3. The number of benzene rings is 2. The summed E-state index contributed by atoms with van der Waals surface area (Å²) in [6.45, 7) is 3.05. The number of likely N-dealkylation sites (tertiary alicyclic amines) is 1. The summed E-state index contributed by atoms with van der Waals surface area (Å²) in [6.07, 6.45) is 2.14. The van der Waals surface area contributed by atoms with Gasteiger partial charge in [-0.2, -0.15) is 0 Å². The summed E-state index contributed by atoms with van der Waals surface area (Å²) in [4.78, 5) is 2.42. The van der Waals surface area contributed by atoms with E-state index in [0.29, 0.717) is 11.8 Å². The summed E-state index contributed by atoms with van der Waals surface area (Å²) in [5.74, 6) is 0.935. The van der Waals surface area contributed by atoms with E-state index in [2.05, 4.69) is 17.0 Å². The standard InChI is InChI=1S/C18H21FN2O.ClH/c19-15-2-1-3-18(12-15)22-17-6-4-14(5-7-17)13-21-10-8-16(20)9-11-21;/h1-7,12,16H,8-11,13,20H2;1H. The Morgan fingerprint density at radius 1 is 1.04 bits per heavy atom. The second-order valence-corrected chi connectivity index (χ2v) is 5.82. The average molecular weight is 337 g/mol. The first-order valence-electron chi connectivity index (χ1n) is 7.69. The molecule has 0 aromatic heterocycles. The highest BCUT2D eigenvalue weighted by molar-refractivity contribution is 5.85. The second-order valence-electron chi connectivity index (χ2n) is 5.82. The molecule has 3 nitrogen and oxygen atoms in total. The zero-order valence-corrected chi connectivity index (χ0v) is 13.8. The quantitative estimate of drug-likeness (QED) is 0.918. The Labute approximate surface area is 142 Å². The van der Waals surface area contributed by atoms with Crippen molar-refractivity contribution >= 4 is 12.4 Å². The molecule has 23 heavy (non-hydrogen) atoms. The monoisotopic (exact) mass is 336 g/mol. The van der Waals surface area contributed by atoms with Crippen LogP contribution in [-0.2, 0) is 6.54 Å².